The van der Waals surface area contributed by atoms with Gasteiger partial charge in [0.15, 0.2) is 0 Å². The molecule has 0 aromatic heterocycles. The first kappa shape index (κ1) is 19.3. The van der Waals surface area contributed by atoms with E-state index in [4.69, 9.17) is 0 Å². The summed E-state index contributed by atoms with van der Waals surface area (Å²) < 4.78 is 15.0. The minimum Gasteiger partial charge on any atom is -0.206 e. The molecule has 0 aliphatic carbocycles. The lowest BCUT2D eigenvalue weighted by molar-refractivity contribution is 0.533. The molecule has 0 amide bonds. The molecule has 0 nitrogen and oxygen atoms in total. The van der Waals surface area contributed by atoms with Crippen LogP contribution >= 0.6 is 11.8 Å². The number of benzene rings is 1. The van der Waals surface area contributed by atoms with Crippen LogP contribution < -0.4 is 0 Å². The molecular formula is C20H31FS. The highest BCUT2D eigenvalue weighted by atomic mass is 32.2. The Labute approximate surface area is 140 Å². The predicted molar refractivity (Wildman–Crippen MR) is 99.2 cm³/mol. The predicted octanol–water partition coefficient (Wildman–Crippen LogP) is 6.74. The zero-order chi connectivity index (χ0) is 16.5. The van der Waals surface area contributed by atoms with Gasteiger partial charge in [-0.3, -0.25) is 0 Å². The third-order valence-electron chi connectivity index (χ3n) is 4.39. The van der Waals surface area contributed by atoms with Crippen molar-refractivity contribution in [2.45, 2.75) is 64.5 Å². The molecule has 2 unspecified atom stereocenters. The number of hydrogen-bond donors (Lipinski definition) is 0. The maximum absolute atomic E-state index is 15.0. The van der Waals surface area contributed by atoms with E-state index in [1.165, 1.54) is 18.4 Å². The van der Waals surface area contributed by atoms with Crippen LogP contribution in [0.2, 0.25) is 0 Å². The highest BCUT2D eigenvalue weighted by Crippen LogP contribution is 2.39. The fraction of sp³-hybridized carbons (Fsp3) is 0.600. The molecule has 0 fully saturated rings. The maximum atomic E-state index is 15.0. The smallest absolute Gasteiger partial charge is 0.130 e. The molecule has 1 aromatic rings. The fourth-order valence-electron chi connectivity index (χ4n) is 3.13. The molecule has 0 aliphatic heterocycles. The molecule has 1 aromatic carbocycles. The topological polar surface area (TPSA) is 0 Å². The number of thioether (sulfide) groups is 1. The Kier molecular flexibility index (Phi) is 8.85. The summed E-state index contributed by atoms with van der Waals surface area (Å²) in [5.41, 5.74) is 3.00. The summed E-state index contributed by atoms with van der Waals surface area (Å²) in [6.07, 6.45) is 10.3. The van der Waals surface area contributed by atoms with Gasteiger partial charge in [-0.05, 0) is 49.0 Å². The van der Waals surface area contributed by atoms with Crippen LogP contribution in [0.4, 0.5) is 4.39 Å². The van der Waals surface area contributed by atoms with Gasteiger partial charge in [0.1, 0.15) is 5.82 Å². The molecular weight excluding hydrogens is 291 g/mol. The average Bonchev–Trinajstić information content (AvgIpc) is 2.50. The molecule has 0 saturated carbocycles. The Balaban J connectivity index is 3.08. The summed E-state index contributed by atoms with van der Waals surface area (Å²) in [6.45, 7) is 10.3. The van der Waals surface area contributed by atoms with Crippen molar-refractivity contribution in [3.63, 3.8) is 0 Å². The average molecular weight is 323 g/mol. The minimum atomic E-state index is 0.0340. The summed E-state index contributed by atoms with van der Waals surface area (Å²) >= 11 is 1.74. The van der Waals surface area contributed by atoms with Crippen molar-refractivity contribution in [1.82, 2.24) is 0 Å². The van der Waals surface area contributed by atoms with Crippen molar-refractivity contribution in [2.75, 3.05) is 6.26 Å². The van der Waals surface area contributed by atoms with Crippen molar-refractivity contribution in [3.05, 3.63) is 47.3 Å². The first-order valence-electron chi connectivity index (χ1n) is 8.54. The Hall–Kier alpha value is -0.760. The SMILES string of the molecule is C=CCC(C)C(SC)c1ccc(CCCCC)c(CC)c1F. The van der Waals surface area contributed by atoms with Gasteiger partial charge in [0, 0.05) is 10.8 Å². The monoisotopic (exact) mass is 322 g/mol. The van der Waals surface area contributed by atoms with Gasteiger partial charge in [0.2, 0.25) is 0 Å². The third kappa shape index (κ3) is 4.87. The van der Waals surface area contributed by atoms with Gasteiger partial charge in [0.25, 0.3) is 0 Å². The largest absolute Gasteiger partial charge is 0.206 e. The molecule has 0 saturated heterocycles. The molecule has 124 valence electrons. The summed E-state index contributed by atoms with van der Waals surface area (Å²) in [5.74, 6) is 0.435. The van der Waals surface area contributed by atoms with E-state index < -0.39 is 0 Å². The van der Waals surface area contributed by atoms with Crippen molar-refractivity contribution in [1.29, 1.82) is 0 Å². The molecule has 0 N–H and O–H groups in total. The molecule has 0 radical (unpaired) electrons. The van der Waals surface area contributed by atoms with E-state index in [9.17, 15) is 0 Å². The zero-order valence-corrected chi connectivity index (χ0v) is 15.4. The third-order valence-corrected chi connectivity index (χ3v) is 5.62. The Morgan fingerprint density at radius 3 is 2.55 bits per heavy atom. The zero-order valence-electron chi connectivity index (χ0n) is 14.6. The lowest BCUT2D eigenvalue weighted by Gasteiger charge is -2.24. The first-order valence-corrected chi connectivity index (χ1v) is 9.83. The van der Waals surface area contributed by atoms with Crippen molar-refractivity contribution >= 4 is 11.8 Å². The fourth-order valence-corrected chi connectivity index (χ4v) is 4.14. The Morgan fingerprint density at radius 1 is 1.27 bits per heavy atom. The second-order valence-electron chi connectivity index (χ2n) is 6.08. The maximum Gasteiger partial charge on any atom is 0.130 e. The quantitative estimate of drug-likeness (QED) is 0.339. The summed E-state index contributed by atoms with van der Waals surface area (Å²) in [5, 5.41) is 0.202. The molecule has 2 atom stereocenters. The van der Waals surface area contributed by atoms with E-state index in [0.717, 1.165) is 36.8 Å². The number of rotatable bonds is 10. The van der Waals surface area contributed by atoms with E-state index in [-0.39, 0.29) is 11.1 Å². The lowest BCUT2D eigenvalue weighted by atomic mass is 9.91. The van der Waals surface area contributed by atoms with Gasteiger partial charge < -0.3 is 0 Å². The van der Waals surface area contributed by atoms with Crippen LogP contribution in [0.5, 0.6) is 0 Å². The lowest BCUT2D eigenvalue weighted by Crippen LogP contribution is -2.10. The molecule has 0 spiro atoms. The molecule has 2 heteroatoms. The molecule has 0 bridgehead atoms. The van der Waals surface area contributed by atoms with Crippen LogP contribution in [0.25, 0.3) is 0 Å². The summed E-state index contributed by atoms with van der Waals surface area (Å²) in [7, 11) is 0. The highest BCUT2D eigenvalue weighted by Gasteiger charge is 2.23. The van der Waals surface area contributed by atoms with Crippen molar-refractivity contribution in [3.8, 4) is 0 Å². The standard InChI is InChI=1S/C20H31FS/c1-6-9-10-12-16-13-14-18(19(21)17(16)8-3)20(22-5)15(4)11-7-2/h7,13-15,20H,2,6,8-12H2,1,3-5H3. The molecule has 0 aliphatic rings. The van der Waals surface area contributed by atoms with E-state index in [1.54, 1.807) is 11.8 Å². The number of aryl methyl sites for hydroxylation is 1. The van der Waals surface area contributed by atoms with Gasteiger partial charge >= 0.3 is 0 Å². The Bertz CT molecular complexity index is 467. The summed E-state index contributed by atoms with van der Waals surface area (Å²) in [4.78, 5) is 0. The highest BCUT2D eigenvalue weighted by molar-refractivity contribution is 7.98. The summed E-state index contributed by atoms with van der Waals surface area (Å²) in [6, 6.07) is 4.19. The van der Waals surface area contributed by atoms with Crippen LogP contribution in [0, 0.1) is 11.7 Å². The van der Waals surface area contributed by atoms with Crippen LogP contribution in [-0.2, 0) is 12.8 Å². The second-order valence-corrected chi connectivity index (χ2v) is 7.05. The number of hydrogen-bond acceptors (Lipinski definition) is 1. The number of halogens is 1. The number of unbranched alkanes of at least 4 members (excludes halogenated alkanes) is 2. The van der Waals surface area contributed by atoms with Gasteiger partial charge in [-0.15, -0.1) is 6.58 Å². The minimum absolute atomic E-state index is 0.0340. The molecule has 22 heavy (non-hydrogen) atoms. The van der Waals surface area contributed by atoms with Crippen LogP contribution in [-0.4, -0.2) is 6.26 Å². The van der Waals surface area contributed by atoms with Gasteiger partial charge in [-0.25, -0.2) is 4.39 Å². The van der Waals surface area contributed by atoms with Crippen LogP contribution in [0.1, 0.15) is 68.4 Å². The van der Waals surface area contributed by atoms with Gasteiger partial charge in [-0.2, -0.15) is 11.8 Å². The van der Waals surface area contributed by atoms with E-state index in [2.05, 4.69) is 39.7 Å². The van der Waals surface area contributed by atoms with Crippen molar-refractivity contribution < 1.29 is 4.39 Å². The van der Waals surface area contributed by atoms with Crippen LogP contribution in [0.15, 0.2) is 24.8 Å². The normalized spacial score (nSPS) is 13.9. The van der Waals surface area contributed by atoms with E-state index in [0.29, 0.717) is 5.92 Å². The van der Waals surface area contributed by atoms with Gasteiger partial charge in [0.05, 0.1) is 0 Å². The second kappa shape index (κ2) is 10.1. The van der Waals surface area contributed by atoms with Gasteiger partial charge in [-0.1, -0.05) is 51.8 Å². The number of allylic oxidation sites excluding steroid dienone is 1. The van der Waals surface area contributed by atoms with E-state index in [1.807, 2.05) is 12.1 Å². The molecule has 1 rings (SSSR count). The van der Waals surface area contributed by atoms with E-state index >= 15 is 4.39 Å². The van der Waals surface area contributed by atoms with Crippen molar-refractivity contribution in [2.24, 2.45) is 5.92 Å². The first-order chi connectivity index (χ1) is 10.6. The molecule has 0 heterocycles. The Morgan fingerprint density at radius 2 is 2.00 bits per heavy atom. The van der Waals surface area contributed by atoms with Crippen LogP contribution in [0.3, 0.4) is 0 Å².